The Morgan fingerprint density at radius 1 is 1.06 bits per heavy atom. The first-order chi connectivity index (χ1) is 8.13. The van der Waals surface area contributed by atoms with E-state index in [0.29, 0.717) is 5.56 Å². The van der Waals surface area contributed by atoms with E-state index in [0.717, 1.165) is 5.56 Å². The topological polar surface area (TPSA) is 60.4 Å². The van der Waals surface area contributed by atoms with E-state index in [9.17, 15) is 14.4 Å². The van der Waals surface area contributed by atoms with Crippen molar-refractivity contribution in [2.45, 2.75) is 24.9 Å². The van der Waals surface area contributed by atoms with Crippen LogP contribution in [0.15, 0.2) is 24.3 Å². The van der Waals surface area contributed by atoms with Crippen LogP contribution in [-0.2, 0) is 20.7 Å². The SMILES string of the molecule is O=C1CCC(=O)[C@]2(Cc3ccccc3C2=O)O1. The van der Waals surface area contributed by atoms with Gasteiger partial charge in [0.05, 0.1) is 6.42 Å². The third kappa shape index (κ3) is 1.27. The highest BCUT2D eigenvalue weighted by molar-refractivity contribution is 6.22. The summed E-state index contributed by atoms with van der Waals surface area (Å²) in [5, 5.41) is 0. The number of ketones is 2. The number of rotatable bonds is 0. The molecule has 3 rings (SSSR count). The molecule has 0 amide bonds. The summed E-state index contributed by atoms with van der Waals surface area (Å²) in [6, 6.07) is 7.00. The maximum Gasteiger partial charge on any atom is 0.307 e. The lowest BCUT2D eigenvalue weighted by molar-refractivity contribution is -0.168. The van der Waals surface area contributed by atoms with Gasteiger partial charge < -0.3 is 4.74 Å². The van der Waals surface area contributed by atoms with Gasteiger partial charge in [0.15, 0.2) is 5.78 Å². The molecule has 17 heavy (non-hydrogen) atoms. The Hall–Kier alpha value is -1.97. The lowest BCUT2D eigenvalue weighted by Gasteiger charge is -2.29. The number of esters is 1. The number of Topliss-reactive ketones (excluding diaryl/α,β-unsaturated/α-hetero) is 2. The molecular weight excluding hydrogens is 220 g/mol. The molecule has 0 radical (unpaired) electrons. The van der Waals surface area contributed by atoms with Crippen LogP contribution in [0.1, 0.15) is 28.8 Å². The average molecular weight is 230 g/mol. The number of hydrogen-bond acceptors (Lipinski definition) is 4. The molecule has 1 atom stereocenters. The molecule has 0 saturated carbocycles. The van der Waals surface area contributed by atoms with Crippen LogP contribution in [0.4, 0.5) is 0 Å². The van der Waals surface area contributed by atoms with Crippen molar-refractivity contribution < 1.29 is 19.1 Å². The molecule has 1 heterocycles. The van der Waals surface area contributed by atoms with Gasteiger partial charge in [-0.3, -0.25) is 14.4 Å². The predicted molar refractivity (Wildman–Crippen MR) is 57.5 cm³/mol. The first kappa shape index (κ1) is 10.2. The Labute approximate surface area is 97.6 Å². The van der Waals surface area contributed by atoms with Crippen LogP contribution in [0.5, 0.6) is 0 Å². The molecule has 1 spiro atoms. The zero-order valence-corrected chi connectivity index (χ0v) is 9.06. The second-order valence-electron chi connectivity index (χ2n) is 4.39. The van der Waals surface area contributed by atoms with Crippen molar-refractivity contribution >= 4 is 17.5 Å². The summed E-state index contributed by atoms with van der Waals surface area (Å²) in [5.41, 5.74) is -0.282. The molecule has 4 heteroatoms. The highest BCUT2D eigenvalue weighted by atomic mass is 16.6. The van der Waals surface area contributed by atoms with Gasteiger partial charge >= 0.3 is 5.97 Å². The van der Waals surface area contributed by atoms with E-state index in [2.05, 4.69) is 0 Å². The number of benzene rings is 1. The molecule has 0 N–H and O–H groups in total. The van der Waals surface area contributed by atoms with E-state index in [1.807, 2.05) is 0 Å². The van der Waals surface area contributed by atoms with Gasteiger partial charge in [-0.25, -0.2) is 0 Å². The van der Waals surface area contributed by atoms with Crippen molar-refractivity contribution in [3.05, 3.63) is 35.4 Å². The molecular formula is C13H10O4. The van der Waals surface area contributed by atoms with Gasteiger partial charge in [0.1, 0.15) is 0 Å². The molecule has 0 bridgehead atoms. The van der Waals surface area contributed by atoms with Crippen molar-refractivity contribution in [3.8, 4) is 0 Å². The van der Waals surface area contributed by atoms with Crippen LogP contribution >= 0.6 is 0 Å². The zero-order valence-electron chi connectivity index (χ0n) is 9.06. The standard InChI is InChI=1S/C13H10O4/c14-10-5-6-11(15)17-13(10)7-8-3-1-2-4-9(8)12(13)16/h1-4H,5-7H2/t13-/m0/s1. The summed E-state index contributed by atoms with van der Waals surface area (Å²) in [4.78, 5) is 35.5. The Morgan fingerprint density at radius 3 is 2.59 bits per heavy atom. The van der Waals surface area contributed by atoms with Crippen LogP contribution in [-0.4, -0.2) is 23.1 Å². The van der Waals surface area contributed by atoms with Gasteiger partial charge in [-0.15, -0.1) is 0 Å². The molecule has 1 fully saturated rings. The zero-order chi connectivity index (χ0) is 12.0. The molecule has 4 nitrogen and oxygen atoms in total. The lowest BCUT2D eigenvalue weighted by Crippen LogP contribution is -2.51. The fraction of sp³-hybridized carbons (Fsp3) is 0.308. The van der Waals surface area contributed by atoms with Crippen LogP contribution in [0.2, 0.25) is 0 Å². The second kappa shape index (κ2) is 3.26. The van der Waals surface area contributed by atoms with E-state index < -0.39 is 11.6 Å². The number of ether oxygens (including phenoxy) is 1. The summed E-state index contributed by atoms with van der Waals surface area (Å²) in [5.74, 6) is -1.12. The minimum absolute atomic E-state index is 0.0736. The maximum atomic E-state index is 12.2. The van der Waals surface area contributed by atoms with E-state index in [-0.39, 0.29) is 30.8 Å². The number of fused-ring (bicyclic) bond motifs is 1. The van der Waals surface area contributed by atoms with E-state index in [4.69, 9.17) is 4.74 Å². The number of carbonyl (C=O) groups excluding carboxylic acids is 3. The molecule has 1 aromatic rings. The van der Waals surface area contributed by atoms with Crippen molar-refractivity contribution in [1.82, 2.24) is 0 Å². The monoisotopic (exact) mass is 230 g/mol. The second-order valence-corrected chi connectivity index (χ2v) is 4.39. The van der Waals surface area contributed by atoms with Crippen molar-refractivity contribution in [2.75, 3.05) is 0 Å². The minimum Gasteiger partial charge on any atom is -0.442 e. The Morgan fingerprint density at radius 2 is 1.82 bits per heavy atom. The summed E-state index contributed by atoms with van der Waals surface area (Å²) in [6.45, 7) is 0. The predicted octanol–water partition coefficient (Wildman–Crippen LogP) is 1.07. The van der Waals surface area contributed by atoms with Gasteiger partial charge in [-0.1, -0.05) is 24.3 Å². The molecule has 1 aliphatic heterocycles. The minimum atomic E-state index is -1.56. The van der Waals surface area contributed by atoms with Gasteiger partial charge in [-0.05, 0) is 5.56 Å². The normalized spacial score (nSPS) is 27.2. The molecule has 0 aromatic heterocycles. The maximum absolute atomic E-state index is 12.2. The van der Waals surface area contributed by atoms with Crippen LogP contribution in [0, 0.1) is 0 Å². The third-order valence-electron chi connectivity index (χ3n) is 3.36. The highest BCUT2D eigenvalue weighted by Crippen LogP contribution is 2.37. The smallest absolute Gasteiger partial charge is 0.307 e. The highest BCUT2D eigenvalue weighted by Gasteiger charge is 2.55. The lowest BCUT2D eigenvalue weighted by atomic mass is 9.88. The van der Waals surface area contributed by atoms with Crippen LogP contribution in [0.3, 0.4) is 0 Å². The fourth-order valence-electron chi connectivity index (χ4n) is 2.49. The van der Waals surface area contributed by atoms with E-state index in [1.165, 1.54) is 0 Å². The summed E-state index contributed by atoms with van der Waals surface area (Å²) in [6.07, 6.45) is 0.356. The van der Waals surface area contributed by atoms with Crippen LogP contribution < -0.4 is 0 Å². The van der Waals surface area contributed by atoms with Crippen molar-refractivity contribution in [3.63, 3.8) is 0 Å². The Balaban J connectivity index is 2.10. The summed E-state index contributed by atoms with van der Waals surface area (Å²) >= 11 is 0. The molecule has 1 aliphatic carbocycles. The fourth-order valence-corrected chi connectivity index (χ4v) is 2.49. The molecule has 0 unspecified atom stereocenters. The average Bonchev–Trinajstić information content (AvgIpc) is 2.60. The molecule has 1 saturated heterocycles. The van der Waals surface area contributed by atoms with Gasteiger partial charge in [-0.2, -0.15) is 0 Å². The Bertz CT molecular complexity index is 546. The number of carbonyl (C=O) groups is 3. The van der Waals surface area contributed by atoms with Gasteiger partial charge in [0.2, 0.25) is 11.4 Å². The van der Waals surface area contributed by atoms with E-state index >= 15 is 0 Å². The van der Waals surface area contributed by atoms with Gasteiger partial charge in [0.25, 0.3) is 0 Å². The van der Waals surface area contributed by atoms with Crippen molar-refractivity contribution in [2.24, 2.45) is 0 Å². The van der Waals surface area contributed by atoms with Crippen molar-refractivity contribution in [1.29, 1.82) is 0 Å². The summed E-state index contributed by atoms with van der Waals surface area (Å²) in [7, 11) is 0. The molecule has 2 aliphatic rings. The quantitative estimate of drug-likeness (QED) is 0.494. The molecule has 86 valence electrons. The van der Waals surface area contributed by atoms with E-state index in [1.54, 1.807) is 24.3 Å². The third-order valence-corrected chi connectivity index (χ3v) is 3.36. The summed E-state index contributed by atoms with van der Waals surface area (Å²) < 4.78 is 5.10. The molecule has 1 aromatic carbocycles. The van der Waals surface area contributed by atoms with Crippen LogP contribution in [0.25, 0.3) is 0 Å². The largest absolute Gasteiger partial charge is 0.442 e. The first-order valence-electron chi connectivity index (χ1n) is 5.51. The van der Waals surface area contributed by atoms with Gasteiger partial charge in [0, 0.05) is 18.4 Å². The Kier molecular flexibility index (Phi) is 1.96. The number of hydrogen-bond donors (Lipinski definition) is 0. The first-order valence-corrected chi connectivity index (χ1v) is 5.51.